The van der Waals surface area contributed by atoms with Crippen molar-refractivity contribution < 1.29 is 4.57 Å². The first-order chi connectivity index (χ1) is 16.2. The van der Waals surface area contributed by atoms with Gasteiger partial charge in [-0.05, 0) is 46.5 Å². The Balaban J connectivity index is 1.77. The highest BCUT2D eigenvalue weighted by Crippen LogP contribution is 2.47. The van der Waals surface area contributed by atoms with Crippen molar-refractivity contribution in [2.75, 3.05) is 0 Å². The fourth-order valence-electron chi connectivity index (χ4n) is 5.55. The highest BCUT2D eigenvalue weighted by molar-refractivity contribution is 7.27. The van der Waals surface area contributed by atoms with E-state index in [1.807, 2.05) is 11.3 Å². The maximum absolute atomic E-state index is 2.41. The number of aromatic nitrogens is 1. The molecule has 0 fully saturated rings. The molecule has 0 amide bonds. The number of hydrogen-bond donors (Lipinski definition) is 0. The normalized spacial score (nSPS) is 11.9. The molecule has 2 heterocycles. The average molecular weight is 441 g/mol. The number of thiophene rings is 1. The molecular formula is C31H22NS+. The van der Waals surface area contributed by atoms with E-state index in [0.717, 1.165) is 0 Å². The Morgan fingerprint density at radius 2 is 1.33 bits per heavy atom. The fourth-order valence-corrected chi connectivity index (χ4v) is 6.93. The molecule has 0 saturated heterocycles. The monoisotopic (exact) mass is 440 g/mol. The summed E-state index contributed by atoms with van der Waals surface area (Å²) in [7, 11) is 2.17. The van der Waals surface area contributed by atoms with E-state index in [1.165, 1.54) is 69.3 Å². The molecule has 2 heteroatoms. The summed E-state index contributed by atoms with van der Waals surface area (Å²) in [4.78, 5) is 0. The summed E-state index contributed by atoms with van der Waals surface area (Å²) >= 11 is 1.94. The molecule has 33 heavy (non-hydrogen) atoms. The molecule has 0 saturated carbocycles. The van der Waals surface area contributed by atoms with E-state index in [-0.39, 0.29) is 0 Å². The Labute approximate surface area is 196 Å². The van der Waals surface area contributed by atoms with Gasteiger partial charge in [0.05, 0.1) is 10.8 Å². The van der Waals surface area contributed by atoms with Crippen LogP contribution in [-0.4, -0.2) is 0 Å². The first-order valence-corrected chi connectivity index (χ1v) is 12.2. The predicted octanol–water partition coefficient (Wildman–Crippen LogP) is 8.31. The second kappa shape index (κ2) is 6.87. The molecule has 156 valence electrons. The zero-order valence-electron chi connectivity index (χ0n) is 18.6. The predicted molar refractivity (Wildman–Crippen MR) is 143 cm³/mol. The van der Waals surface area contributed by atoms with Crippen LogP contribution in [0, 0.1) is 6.92 Å². The lowest BCUT2D eigenvalue weighted by atomic mass is 9.92. The van der Waals surface area contributed by atoms with Gasteiger partial charge in [0.1, 0.15) is 7.05 Å². The lowest BCUT2D eigenvalue weighted by Crippen LogP contribution is -2.28. The van der Waals surface area contributed by atoms with Gasteiger partial charge in [-0.15, -0.1) is 11.3 Å². The van der Waals surface area contributed by atoms with Crippen LogP contribution in [0.1, 0.15) is 5.56 Å². The van der Waals surface area contributed by atoms with Crippen molar-refractivity contribution in [2.45, 2.75) is 6.92 Å². The van der Waals surface area contributed by atoms with E-state index < -0.39 is 0 Å². The topological polar surface area (TPSA) is 3.88 Å². The molecule has 0 unspecified atom stereocenters. The van der Waals surface area contributed by atoms with E-state index in [0.29, 0.717) is 0 Å². The Morgan fingerprint density at radius 1 is 0.606 bits per heavy atom. The summed E-state index contributed by atoms with van der Waals surface area (Å²) < 4.78 is 5.04. The van der Waals surface area contributed by atoms with Gasteiger partial charge in [0.2, 0.25) is 5.52 Å². The third-order valence-electron chi connectivity index (χ3n) is 6.97. The zero-order valence-corrected chi connectivity index (χ0v) is 19.4. The number of nitrogens with zero attached hydrogens (tertiary/aromatic N) is 1. The lowest BCUT2D eigenvalue weighted by Gasteiger charge is -2.11. The van der Waals surface area contributed by atoms with E-state index >= 15 is 0 Å². The minimum Gasteiger partial charge on any atom is -0.200 e. The molecular weight excluding hydrogens is 418 g/mol. The van der Waals surface area contributed by atoms with E-state index in [9.17, 15) is 0 Å². The van der Waals surface area contributed by atoms with Crippen LogP contribution in [-0.2, 0) is 7.05 Å². The molecule has 0 atom stereocenters. The maximum atomic E-state index is 2.41. The zero-order chi connectivity index (χ0) is 22.1. The summed E-state index contributed by atoms with van der Waals surface area (Å²) in [5.41, 5.74) is 5.24. The van der Waals surface area contributed by atoms with Gasteiger partial charge in [-0.1, -0.05) is 72.8 Å². The Hall–Kier alpha value is -3.75. The van der Waals surface area contributed by atoms with Gasteiger partial charge < -0.3 is 0 Å². The van der Waals surface area contributed by atoms with Crippen LogP contribution in [0.3, 0.4) is 0 Å². The van der Waals surface area contributed by atoms with Gasteiger partial charge in [0, 0.05) is 31.6 Å². The van der Waals surface area contributed by atoms with Gasteiger partial charge in [0.15, 0.2) is 6.20 Å². The van der Waals surface area contributed by atoms with Crippen molar-refractivity contribution in [3.63, 3.8) is 0 Å². The third kappa shape index (κ3) is 2.56. The number of hydrogen-bond acceptors (Lipinski definition) is 1. The third-order valence-corrected chi connectivity index (χ3v) is 8.25. The van der Waals surface area contributed by atoms with Crippen molar-refractivity contribution >= 4 is 64.0 Å². The molecule has 0 bridgehead atoms. The quantitative estimate of drug-likeness (QED) is 0.178. The molecule has 0 aliphatic rings. The summed E-state index contributed by atoms with van der Waals surface area (Å²) in [6, 6.07) is 33.2. The average Bonchev–Trinajstić information content (AvgIpc) is 3.23. The SMILES string of the molecule is Cc1cc2c3cccc(-c4ccccc4)c3sc2c2c3ccccc3c3ccc[n+](C)c3c12. The van der Waals surface area contributed by atoms with Crippen molar-refractivity contribution in [2.24, 2.45) is 7.05 Å². The molecule has 7 rings (SSSR count). The number of fused-ring (bicyclic) bond motifs is 10. The van der Waals surface area contributed by atoms with Crippen LogP contribution in [0.25, 0.3) is 63.7 Å². The molecule has 1 nitrogen and oxygen atoms in total. The van der Waals surface area contributed by atoms with Crippen molar-refractivity contribution in [1.29, 1.82) is 0 Å². The number of benzene rings is 5. The number of aryl methyl sites for hydroxylation is 2. The van der Waals surface area contributed by atoms with Gasteiger partial charge in [-0.25, -0.2) is 4.57 Å². The minimum absolute atomic E-state index is 1.28. The highest BCUT2D eigenvalue weighted by atomic mass is 32.1. The van der Waals surface area contributed by atoms with E-state index in [2.05, 4.69) is 116 Å². The summed E-state index contributed by atoms with van der Waals surface area (Å²) in [6.45, 7) is 2.27. The fraction of sp³-hybridized carbons (Fsp3) is 0.0645. The largest absolute Gasteiger partial charge is 0.221 e. The molecule has 0 aliphatic heterocycles. The van der Waals surface area contributed by atoms with Crippen LogP contribution in [0.4, 0.5) is 0 Å². The van der Waals surface area contributed by atoms with Crippen LogP contribution in [0.2, 0.25) is 0 Å². The molecule has 0 aliphatic carbocycles. The lowest BCUT2D eigenvalue weighted by molar-refractivity contribution is -0.644. The standard InChI is InChI=1S/C31H22NS/c1-19-18-26-25-15-8-14-21(20-10-4-3-5-11-20)30(25)33-31(26)28-23-13-7-6-12-22(23)24-16-9-17-32(2)29(24)27(19)28/h3-18H,1-2H3/q+1. The first kappa shape index (κ1) is 18.8. The molecule has 5 aromatic carbocycles. The molecule has 0 spiro atoms. The molecule has 0 N–H and O–H groups in total. The number of rotatable bonds is 1. The number of pyridine rings is 1. The van der Waals surface area contributed by atoms with Crippen LogP contribution >= 0.6 is 11.3 Å². The second-order valence-electron chi connectivity index (χ2n) is 8.90. The first-order valence-electron chi connectivity index (χ1n) is 11.4. The minimum atomic E-state index is 1.28. The summed E-state index contributed by atoms with van der Waals surface area (Å²) in [5.74, 6) is 0. The van der Waals surface area contributed by atoms with Crippen molar-refractivity contribution in [3.05, 3.63) is 103 Å². The van der Waals surface area contributed by atoms with Crippen LogP contribution < -0.4 is 4.57 Å². The van der Waals surface area contributed by atoms with Crippen molar-refractivity contribution in [3.8, 4) is 11.1 Å². The van der Waals surface area contributed by atoms with Gasteiger partial charge >= 0.3 is 0 Å². The highest BCUT2D eigenvalue weighted by Gasteiger charge is 2.21. The second-order valence-corrected chi connectivity index (χ2v) is 9.92. The van der Waals surface area contributed by atoms with Crippen molar-refractivity contribution in [1.82, 2.24) is 0 Å². The summed E-state index contributed by atoms with van der Waals surface area (Å²) in [6.07, 6.45) is 2.17. The van der Waals surface area contributed by atoms with E-state index in [4.69, 9.17) is 0 Å². The Bertz CT molecular complexity index is 1880. The van der Waals surface area contributed by atoms with Crippen LogP contribution in [0.5, 0.6) is 0 Å². The summed E-state index contributed by atoms with van der Waals surface area (Å²) in [5, 5.41) is 9.44. The van der Waals surface area contributed by atoms with Gasteiger partial charge in [-0.3, -0.25) is 0 Å². The maximum Gasteiger partial charge on any atom is 0.221 e. The molecule has 2 aromatic heterocycles. The molecule has 7 aromatic rings. The van der Waals surface area contributed by atoms with E-state index in [1.54, 1.807) is 0 Å². The Morgan fingerprint density at radius 3 is 2.18 bits per heavy atom. The van der Waals surface area contributed by atoms with Crippen LogP contribution in [0.15, 0.2) is 97.2 Å². The Kier molecular flexibility index (Phi) is 3.91. The smallest absolute Gasteiger partial charge is 0.200 e. The van der Waals surface area contributed by atoms with Gasteiger partial charge in [0.25, 0.3) is 0 Å². The van der Waals surface area contributed by atoms with Gasteiger partial charge in [-0.2, -0.15) is 0 Å². The molecule has 0 radical (unpaired) electrons.